The van der Waals surface area contributed by atoms with Crippen LogP contribution in [0.25, 0.3) is 11.4 Å². The molecule has 6 heteroatoms. The van der Waals surface area contributed by atoms with E-state index in [9.17, 15) is 4.79 Å². The molecule has 0 atom stereocenters. The van der Waals surface area contributed by atoms with Crippen LogP contribution < -0.4 is 17.0 Å². The Hall–Kier alpha value is -2.99. The lowest BCUT2D eigenvalue weighted by atomic mass is 10.2. The summed E-state index contributed by atoms with van der Waals surface area (Å²) in [6, 6.07) is 9.44. The zero-order valence-electron chi connectivity index (χ0n) is 13.4. The van der Waals surface area contributed by atoms with Gasteiger partial charge < -0.3 is 0 Å². The fraction of sp³-hybridized carbons (Fsp3) is 0.167. The number of nitrogens with zero attached hydrogens (tertiary/aromatic N) is 3. The molecule has 0 aliphatic heterocycles. The number of benzene rings is 1. The van der Waals surface area contributed by atoms with E-state index in [4.69, 9.17) is 5.84 Å². The van der Waals surface area contributed by atoms with Crippen LogP contribution in [-0.2, 0) is 6.54 Å². The summed E-state index contributed by atoms with van der Waals surface area (Å²) in [5, 5.41) is 0. The van der Waals surface area contributed by atoms with E-state index in [-0.39, 0.29) is 11.6 Å². The predicted octanol–water partition coefficient (Wildman–Crippen LogP) is 2.42. The maximum Gasteiger partial charge on any atom is 0.352 e. The van der Waals surface area contributed by atoms with Crippen molar-refractivity contribution >= 4 is 5.95 Å². The quantitative estimate of drug-likeness (QED) is 0.670. The van der Waals surface area contributed by atoms with Crippen molar-refractivity contribution in [3.8, 4) is 11.4 Å². The van der Waals surface area contributed by atoms with Crippen LogP contribution >= 0.6 is 0 Å². The number of nitrogens with one attached hydrogen (secondary N) is 1. The number of anilines is 1. The van der Waals surface area contributed by atoms with Gasteiger partial charge in [0.05, 0.1) is 0 Å². The molecule has 4 rings (SSSR count). The van der Waals surface area contributed by atoms with E-state index in [1.165, 1.54) is 22.1 Å². The minimum atomic E-state index is -0.366. The van der Waals surface area contributed by atoms with Crippen molar-refractivity contribution in [2.45, 2.75) is 19.9 Å². The van der Waals surface area contributed by atoms with Gasteiger partial charge in [0.25, 0.3) is 0 Å². The van der Waals surface area contributed by atoms with Crippen LogP contribution in [-0.4, -0.2) is 14.5 Å². The van der Waals surface area contributed by atoms with Gasteiger partial charge in [0.1, 0.15) is 5.82 Å². The minimum absolute atomic E-state index is 0.124. The Labute approximate surface area is 140 Å². The molecule has 0 fully saturated rings. The van der Waals surface area contributed by atoms with Gasteiger partial charge in [0.2, 0.25) is 5.95 Å². The fourth-order valence-electron chi connectivity index (χ4n) is 2.60. The predicted molar refractivity (Wildman–Crippen MR) is 95.1 cm³/mol. The van der Waals surface area contributed by atoms with E-state index in [0.29, 0.717) is 12.4 Å². The molecule has 6 nitrogen and oxygen atoms in total. The molecule has 1 aromatic heterocycles. The fourth-order valence-corrected chi connectivity index (χ4v) is 2.60. The van der Waals surface area contributed by atoms with Gasteiger partial charge in [-0.25, -0.2) is 10.6 Å². The Balaban J connectivity index is 0.000000198. The van der Waals surface area contributed by atoms with Crippen molar-refractivity contribution in [2.24, 2.45) is 5.84 Å². The maximum absolute atomic E-state index is 11.7. The first kappa shape index (κ1) is 15.9. The second-order valence-electron chi connectivity index (χ2n) is 5.40. The molecular formula is C18H19N5O. The first-order valence-corrected chi connectivity index (χ1v) is 7.80. The lowest BCUT2D eigenvalue weighted by Crippen LogP contribution is -2.27. The van der Waals surface area contributed by atoms with Gasteiger partial charge in [-0.1, -0.05) is 54.6 Å². The third-order valence-electron chi connectivity index (χ3n) is 3.81. The number of hydrogen-bond acceptors (Lipinski definition) is 5. The molecule has 0 radical (unpaired) electrons. The number of nitrogen functional groups attached to an aromatic ring is 1. The van der Waals surface area contributed by atoms with Crippen LogP contribution in [0, 0.1) is 0 Å². The van der Waals surface area contributed by atoms with E-state index in [2.05, 4.69) is 39.7 Å². The highest BCUT2D eigenvalue weighted by molar-refractivity contribution is 5.56. The average molecular weight is 321 g/mol. The smallest absolute Gasteiger partial charge is 0.292 e. The number of fused-ring (bicyclic) bond motifs is 2. The summed E-state index contributed by atoms with van der Waals surface area (Å²) in [4.78, 5) is 19.7. The SMILES string of the molecule is C1=CC2=CC=C1C2.CCn1c(-c2ccccc2)nc(NN)nc1=O. The van der Waals surface area contributed by atoms with Gasteiger partial charge in [-0.3, -0.25) is 9.99 Å². The monoisotopic (exact) mass is 321 g/mol. The number of aromatic nitrogens is 3. The molecule has 122 valence electrons. The number of allylic oxidation sites excluding steroid dienone is 6. The Morgan fingerprint density at radius 3 is 2.25 bits per heavy atom. The third kappa shape index (κ3) is 3.33. The topological polar surface area (TPSA) is 85.8 Å². The first-order chi connectivity index (χ1) is 11.7. The number of hydrogen-bond donors (Lipinski definition) is 2. The van der Waals surface area contributed by atoms with Crippen molar-refractivity contribution in [3.63, 3.8) is 0 Å². The van der Waals surface area contributed by atoms with E-state index in [0.717, 1.165) is 5.56 Å². The molecule has 0 saturated carbocycles. The Kier molecular flexibility index (Phi) is 4.67. The second-order valence-corrected chi connectivity index (χ2v) is 5.40. The second kappa shape index (κ2) is 7.06. The van der Waals surface area contributed by atoms with Gasteiger partial charge in [-0.2, -0.15) is 9.97 Å². The summed E-state index contributed by atoms with van der Waals surface area (Å²) in [6.45, 7) is 2.38. The summed E-state index contributed by atoms with van der Waals surface area (Å²) >= 11 is 0. The number of hydrazine groups is 1. The van der Waals surface area contributed by atoms with E-state index in [1.54, 1.807) is 0 Å². The van der Waals surface area contributed by atoms with Crippen LogP contribution in [0.4, 0.5) is 5.95 Å². The van der Waals surface area contributed by atoms with Crippen molar-refractivity contribution in [1.29, 1.82) is 0 Å². The molecule has 24 heavy (non-hydrogen) atoms. The van der Waals surface area contributed by atoms with Gasteiger partial charge in [-0.15, -0.1) is 0 Å². The molecule has 3 N–H and O–H groups in total. The van der Waals surface area contributed by atoms with E-state index >= 15 is 0 Å². The highest BCUT2D eigenvalue weighted by atomic mass is 16.1. The highest BCUT2D eigenvalue weighted by Crippen LogP contribution is 2.27. The van der Waals surface area contributed by atoms with Crippen LogP contribution in [0.3, 0.4) is 0 Å². The van der Waals surface area contributed by atoms with Crippen molar-refractivity contribution < 1.29 is 0 Å². The average Bonchev–Trinajstić information content (AvgIpc) is 3.28. The van der Waals surface area contributed by atoms with Gasteiger partial charge in [0, 0.05) is 12.1 Å². The standard InChI is InChI=1S/C11H13N5O.C7H6/c1-2-16-9(8-6-4-3-5-7-8)13-10(15-12)14-11(16)17;1-2-7-4-3-6(1)5-7/h3-7H,2,12H2,1H3,(H,14,15,17);1-4H,5H2. The number of rotatable bonds is 3. The summed E-state index contributed by atoms with van der Waals surface area (Å²) < 4.78 is 1.50. The summed E-state index contributed by atoms with van der Waals surface area (Å²) in [5.74, 6) is 5.91. The zero-order valence-corrected chi connectivity index (χ0v) is 13.4. The largest absolute Gasteiger partial charge is 0.352 e. The summed E-state index contributed by atoms with van der Waals surface area (Å²) in [5.41, 5.74) is 5.71. The summed E-state index contributed by atoms with van der Waals surface area (Å²) in [6.07, 6.45) is 9.90. The van der Waals surface area contributed by atoms with Crippen LogP contribution in [0.5, 0.6) is 0 Å². The van der Waals surface area contributed by atoms with Crippen molar-refractivity contribution in [1.82, 2.24) is 14.5 Å². The third-order valence-corrected chi connectivity index (χ3v) is 3.81. The zero-order chi connectivity index (χ0) is 16.9. The molecule has 1 aromatic carbocycles. The molecule has 2 aromatic rings. The molecule has 2 aliphatic carbocycles. The van der Waals surface area contributed by atoms with Gasteiger partial charge in [0.15, 0.2) is 0 Å². The van der Waals surface area contributed by atoms with E-state index < -0.39 is 0 Å². The lowest BCUT2D eigenvalue weighted by Gasteiger charge is -2.10. The number of nitrogens with two attached hydrogens (primary N) is 1. The molecule has 0 spiro atoms. The van der Waals surface area contributed by atoms with Crippen molar-refractivity contribution in [3.05, 3.63) is 76.3 Å². The van der Waals surface area contributed by atoms with Crippen LogP contribution in [0.15, 0.2) is 70.6 Å². The highest BCUT2D eigenvalue weighted by Gasteiger charge is 2.10. The molecule has 1 heterocycles. The van der Waals surface area contributed by atoms with Gasteiger partial charge in [-0.05, 0) is 24.5 Å². The normalized spacial score (nSPS) is 13.9. The lowest BCUT2D eigenvalue weighted by molar-refractivity contribution is 0.687. The molecular weight excluding hydrogens is 302 g/mol. The first-order valence-electron chi connectivity index (χ1n) is 7.80. The van der Waals surface area contributed by atoms with Gasteiger partial charge >= 0.3 is 5.69 Å². The summed E-state index contributed by atoms with van der Waals surface area (Å²) in [7, 11) is 0. The molecule has 0 amide bonds. The van der Waals surface area contributed by atoms with E-state index in [1.807, 2.05) is 37.3 Å². The van der Waals surface area contributed by atoms with Crippen molar-refractivity contribution in [2.75, 3.05) is 5.43 Å². The Bertz CT molecular complexity index is 858. The molecule has 2 bridgehead atoms. The molecule has 0 saturated heterocycles. The Morgan fingerprint density at radius 2 is 1.79 bits per heavy atom. The maximum atomic E-state index is 11.7. The van der Waals surface area contributed by atoms with Crippen LogP contribution in [0.1, 0.15) is 13.3 Å². The Morgan fingerprint density at radius 1 is 1.12 bits per heavy atom. The molecule has 2 aliphatic rings. The molecule has 0 unspecified atom stereocenters. The van der Waals surface area contributed by atoms with Crippen LogP contribution in [0.2, 0.25) is 0 Å². The minimum Gasteiger partial charge on any atom is -0.292 e.